The zero-order valence-corrected chi connectivity index (χ0v) is 17.8. The highest BCUT2D eigenvalue weighted by atomic mass is 35.5. The van der Waals surface area contributed by atoms with Crippen molar-refractivity contribution in [3.63, 3.8) is 0 Å². The van der Waals surface area contributed by atoms with Crippen molar-refractivity contribution in [2.24, 2.45) is 5.73 Å². The Kier molecular flexibility index (Phi) is 4.68. The summed E-state index contributed by atoms with van der Waals surface area (Å²) in [5, 5.41) is 3.78. The average Bonchev–Trinajstić information content (AvgIpc) is 3.13. The topological polar surface area (TPSA) is 104 Å². The van der Waals surface area contributed by atoms with Crippen molar-refractivity contribution in [1.29, 1.82) is 0 Å². The van der Waals surface area contributed by atoms with Gasteiger partial charge in [0.1, 0.15) is 6.33 Å². The summed E-state index contributed by atoms with van der Waals surface area (Å²) in [5.74, 6) is 0.317. The van der Waals surface area contributed by atoms with Crippen molar-refractivity contribution in [1.82, 2.24) is 14.9 Å². The van der Waals surface area contributed by atoms with E-state index < -0.39 is 5.91 Å². The summed E-state index contributed by atoms with van der Waals surface area (Å²) < 4.78 is 0.840. The Balaban J connectivity index is 1.33. The fourth-order valence-electron chi connectivity index (χ4n) is 4.10. The van der Waals surface area contributed by atoms with Crippen molar-refractivity contribution in [2.45, 2.75) is 18.5 Å². The molecule has 5 heterocycles. The van der Waals surface area contributed by atoms with Gasteiger partial charge in [0.25, 0.3) is 5.91 Å². The molecule has 3 saturated heterocycles. The number of halogens is 2. The maximum absolute atomic E-state index is 12.7. The van der Waals surface area contributed by atoms with E-state index in [1.54, 1.807) is 29.2 Å². The molecule has 2 aromatic heterocycles. The maximum Gasteiger partial charge on any atom is 0.321 e. The van der Waals surface area contributed by atoms with Crippen molar-refractivity contribution < 1.29 is 9.59 Å². The molecule has 0 saturated carbocycles. The second-order valence-electron chi connectivity index (χ2n) is 7.33. The lowest BCUT2D eigenvalue weighted by atomic mass is 9.87. The summed E-state index contributed by atoms with van der Waals surface area (Å²) in [6.45, 7) is 1.13. The van der Waals surface area contributed by atoms with Crippen LogP contribution in [0.15, 0.2) is 30.6 Å². The van der Waals surface area contributed by atoms with E-state index in [4.69, 9.17) is 28.9 Å². The number of nitrogens with zero attached hydrogens (tertiary/aromatic N) is 4. The minimum absolute atomic E-state index is 0.148. The number of carbonyl (C=O) groups is 2. The Morgan fingerprint density at radius 1 is 1.10 bits per heavy atom. The number of nitrogens with two attached hydrogens (primary N) is 1. The monoisotopic (exact) mass is 462 g/mol. The van der Waals surface area contributed by atoms with Gasteiger partial charge in [-0.25, -0.2) is 14.8 Å². The molecule has 0 aliphatic carbocycles. The largest absolute Gasteiger partial charge is 0.365 e. The smallest absolute Gasteiger partial charge is 0.321 e. The molecule has 0 radical (unpaired) electrons. The predicted octanol–water partition coefficient (Wildman–Crippen LogP) is 3.59. The number of piperazine rings is 1. The second-order valence-corrected chi connectivity index (χ2v) is 9.26. The fourth-order valence-corrected chi connectivity index (χ4v) is 5.58. The van der Waals surface area contributed by atoms with Crippen LogP contribution in [0.5, 0.6) is 0 Å². The van der Waals surface area contributed by atoms with Crippen LogP contribution >= 0.6 is 34.5 Å². The van der Waals surface area contributed by atoms with Gasteiger partial charge in [0, 0.05) is 28.8 Å². The van der Waals surface area contributed by atoms with Crippen LogP contribution < -0.4 is 16.0 Å². The van der Waals surface area contributed by atoms with E-state index in [-0.39, 0.29) is 18.1 Å². The van der Waals surface area contributed by atoms with Crippen LogP contribution in [0.4, 0.5) is 16.3 Å². The summed E-state index contributed by atoms with van der Waals surface area (Å²) in [4.78, 5) is 37.4. The number of carbonyl (C=O) groups excluding carboxylic acids is 2. The lowest BCUT2D eigenvalue weighted by Gasteiger charge is -2.56. The first kappa shape index (κ1) is 19.3. The molecule has 11 heteroatoms. The number of primary amides is 1. The molecule has 2 atom stereocenters. The third-order valence-corrected chi connectivity index (χ3v) is 6.95. The van der Waals surface area contributed by atoms with Gasteiger partial charge >= 0.3 is 6.03 Å². The molecule has 8 nitrogen and oxygen atoms in total. The first-order valence-corrected chi connectivity index (χ1v) is 10.8. The van der Waals surface area contributed by atoms with Gasteiger partial charge in [-0.15, -0.1) is 11.3 Å². The zero-order valence-electron chi connectivity index (χ0n) is 15.5. The Labute approximate surface area is 185 Å². The number of nitrogens with one attached hydrogen (secondary N) is 1. The van der Waals surface area contributed by atoms with Gasteiger partial charge in [-0.1, -0.05) is 23.2 Å². The van der Waals surface area contributed by atoms with Crippen LogP contribution in [-0.2, 0) is 0 Å². The summed E-state index contributed by atoms with van der Waals surface area (Å²) in [6, 6.07) is 6.73. The van der Waals surface area contributed by atoms with E-state index >= 15 is 0 Å². The third-order valence-electron chi connectivity index (χ3n) is 5.37. The fraction of sp³-hybridized carbons (Fsp3) is 0.263. The van der Waals surface area contributed by atoms with Gasteiger partial charge in [-0.2, -0.15) is 0 Å². The van der Waals surface area contributed by atoms with Crippen LogP contribution in [-0.4, -0.2) is 52.0 Å². The molecule has 30 heavy (non-hydrogen) atoms. The number of fused-ring (bicyclic) bond motifs is 3. The first-order chi connectivity index (χ1) is 14.4. The summed E-state index contributed by atoms with van der Waals surface area (Å²) in [5.41, 5.74) is 6.68. The molecule has 3 aromatic rings. The van der Waals surface area contributed by atoms with Crippen LogP contribution in [0.25, 0.3) is 10.2 Å². The number of rotatable bonds is 3. The minimum Gasteiger partial charge on any atom is -0.365 e. The summed E-state index contributed by atoms with van der Waals surface area (Å²) >= 11 is 13.3. The molecule has 3 N–H and O–H groups in total. The number of urea groups is 1. The number of aromatic nitrogens is 2. The minimum atomic E-state index is -0.475. The highest BCUT2D eigenvalue weighted by molar-refractivity contribution is 7.21. The first-order valence-electron chi connectivity index (χ1n) is 9.24. The molecule has 3 aliphatic heterocycles. The van der Waals surface area contributed by atoms with Crippen molar-refractivity contribution in [3.8, 4) is 0 Å². The van der Waals surface area contributed by atoms with Gasteiger partial charge < -0.3 is 20.9 Å². The number of anilines is 2. The van der Waals surface area contributed by atoms with Gasteiger partial charge in [0.05, 0.1) is 27.2 Å². The van der Waals surface area contributed by atoms with Gasteiger partial charge in [0.15, 0.2) is 5.82 Å². The highest BCUT2D eigenvalue weighted by Gasteiger charge is 2.47. The van der Waals surface area contributed by atoms with E-state index in [0.29, 0.717) is 39.2 Å². The molecule has 3 fully saturated rings. The van der Waals surface area contributed by atoms with Crippen molar-refractivity contribution >= 4 is 68.2 Å². The molecule has 1 aromatic carbocycles. The lowest BCUT2D eigenvalue weighted by molar-refractivity contribution is 0.100. The number of hydrogen-bond acceptors (Lipinski definition) is 6. The zero-order chi connectivity index (χ0) is 21.0. The standard InChI is InChI=1S/C19H16Cl2N6O2S/c20-9-1-10(21)3-11(2-9)25-19(29)26-6-12-4-13(7-26)27(12)18-16-14(23-8-24-18)5-15(30-16)17(22)28/h1-3,5,8,12-13H,4,6-7H2,(H2,22,28)(H,25,29)/t12-,13+. The maximum atomic E-state index is 12.7. The van der Waals surface area contributed by atoms with Crippen LogP contribution in [0.2, 0.25) is 10.0 Å². The second kappa shape index (κ2) is 7.26. The Morgan fingerprint density at radius 3 is 2.47 bits per heavy atom. The van der Waals surface area contributed by atoms with E-state index in [1.165, 1.54) is 17.7 Å². The predicted molar refractivity (Wildman–Crippen MR) is 118 cm³/mol. The molecule has 154 valence electrons. The molecule has 0 unspecified atom stereocenters. The van der Waals surface area contributed by atoms with Crippen LogP contribution in [0, 0.1) is 0 Å². The van der Waals surface area contributed by atoms with Crippen LogP contribution in [0.1, 0.15) is 16.1 Å². The number of hydrogen-bond donors (Lipinski definition) is 2. The van der Waals surface area contributed by atoms with Gasteiger partial charge in [-0.05, 0) is 30.7 Å². The Bertz CT molecular complexity index is 1150. The van der Waals surface area contributed by atoms with Gasteiger partial charge in [0.2, 0.25) is 0 Å². The molecule has 3 amide bonds. The molecule has 0 spiro atoms. The number of benzene rings is 1. The number of amides is 3. The Morgan fingerprint density at radius 2 is 1.80 bits per heavy atom. The quantitative estimate of drug-likeness (QED) is 0.618. The average molecular weight is 463 g/mol. The van der Waals surface area contributed by atoms with E-state index in [2.05, 4.69) is 20.2 Å². The molecular formula is C19H16Cl2N6O2S. The highest BCUT2D eigenvalue weighted by Crippen LogP contribution is 2.41. The van der Waals surface area contributed by atoms with E-state index in [1.807, 2.05) is 0 Å². The van der Waals surface area contributed by atoms with E-state index in [0.717, 1.165) is 16.9 Å². The van der Waals surface area contributed by atoms with Crippen molar-refractivity contribution in [2.75, 3.05) is 23.3 Å². The van der Waals surface area contributed by atoms with Gasteiger partial charge in [-0.3, -0.25) is 4.79 Å². The van der Waals surface area contributed by atoms with Crippen LogP contribution in [0.3, 0.4) is 0 Å². The van der Waals surface area contributed by atoms with E-state index in [9.17, 15) is 9.59 Å². The number of thiophene rings is 1. The molecule has 3 aliphatic rings. The lowest BCUT2D eigenvalue weighted by Crippen LogP contribution is -2.70. The normalized spacial score (nSPS) is 20.2. The summed E-state index contributed by atoms with van der Waals surface area (Å²) in [7, 11) is 0. The SMILES string of the molecule is NC(=O)c1cc2ncnc(N3[C@@H]4C[C@H]3CN(C(=O)Nc3cc(Cl)cc(Cl)c3)C4)c2s1. The third kappa shape index (κ3) is 3.32. The Hall–Kier alpha value is -2.62. The molecule has 6 rings (SSSR count). The summed E-state index contributed by atoms with van der Waals surface area (Å²) in [6.07, 6.45) is 2.48. The molecule has 2 bridgehead atoms. The van der Waals surface area contributed by atoms with Crippen molar-refractivity contribution in [3.05, 3.63) is 45.5 Å². The molecular weight excluding hydrogens is 447 g/mol. The number of piperidine rings is 1.